The summed E-state index contributed by atoms with van der Waals surface area (Å²) in [5.74, 6) is 0.889. The zero-order valence-corrected chi connectivity index (χ0v) is 21.4. The number of amides is 2. The van der Waals surface area contributed by atoms with Gasteiger partial charge in [0.2, 0.25) is 0 Å². The van der Waals surface area contributed by atoms with Gasteiger partial charge in [-0.1, -0.05) is 17.7 Å². The van der Waals surface area contributed by atoms with Crippen molar-refractivity contribution < 1.29 is 19.1 Å². The molecule has 0 radical (unpaired) electrons. The Morgan fingerprint density at radius 3 is 2.32 bits per heavy atom. The molecule has 0 saturated carbocycles. The van der Waals surface area contributed by atoms with Crippen molar-refractivity contribution in [1.29, 1.82) is 0 Å². The number of carbonyl (C=O) groups is 2. The number of primary amides is 1. The van der Waals surface area contributed by atoms with Crippen molar-refractivity contribution in [2.45, 2.75) is 45.6 Å². The minimum atomic E-state index is -0.585. The predicted molar refractivity (Wildman–Crippen MR) is 140 cm³/mol. The lowest BCUT2D eigenvalue weighted by molar-refractivity contribution is 0.0292. The molecule has 9 nitrogen and oxygen atoms in total. The van der Waals surface area contributed by atoms with Crippen molar-refractivity contribution in [3.8, 4) is 22.8 Å². The number of H-pyrrole nitrogens is 1. The number of carbonyl (C=O) groups excluding carboxylic acids is 2. The van der Waals surface area contributed by atoms with Crippen LogP contribution in [0.1, 0.15) is 54.7 Å². The molecule has 0 spiro atoms. The molecule has 2 aromatic carbocycles. The molecule has 1 saturated heterocycles. The number of nitrogens with zero attached hydrogens (tertiary/aromatic N) is 3. The van der Waals surface area contributed by atoms with Crippen molar-refractivity contribution in [3.63, 3.8) is 0 Å². The van der Waals surface area contributed by atoms with Gasteiger partial charge in [0, 0.05) is 36.3 Å². The van der Waals surface area contributed by atoms with Gasteiger partial charge in [-0.25, -0.2) is 14.3 Å². The summed E-state index contributed by atoms with van der Waals surface area (Å²) < 4.78 is 13.1. The first-order valence-electron chi connectivity index (χ1n) is 12.3. The van der Waals surface area contributed by atoms with Crippen LogP contribution in [0.5, 0.6) is 11.5 Å². The molecule has 0 aliphatic carbocycles. The fourth-order valence-electron chi connectivity index (χ4n) is 4.60. The number of aromatic nitrogens is 3. The number of rotatable bonds is 5. The highest BCUT2D eigenvalue weighted by atomic mass is 16.6. The van der Waals surface area contributed by atoms with Gasteiger partial charge in [0.25, 0.3) is 5.91 Å². The lowest BCUT2D eigenvalue weighted by atomic mass is 10.0. The van der Waals surface area contributed by atoms with E-state index in [-0.39, 0.29) is 17.7 Å². The van der Waals surface area contributed by atoms with Crippen molar-refractivity contribution in [3.05, 3.63) is 71.5 Å². The van der Waals surface area contributed by atoms with Crippen LogP contribution in [-0.2, 0) is 4.74 Å². The summed E-state index contributed by atoms with van der Waals surface area (Å²) in [7, 11) is 0. The fraction of sp³-hybridized carbons (Fsp3) is 0.321. The molecule has 1 unspecified atom stereocenters. The number of hydrogen-bond donors (Lipinski definition) is 2. The van der Waals surface area contributed by atoms with Gasteiger partial charge in [0.05, 0.1) is 0 Å². The predicted octanol–water partition coefficient (Wildman–Crippen LogP) is 5.25. The average molecular weight is 502 g/mol. The monoisotopic (exact) mass is 501 g/mol. The summed E-state index contributed by atoms with van der Waals surface area (Å²) in [6, 6.07) is 15.2. The van der Waals surface area contributed by atoms with E-state index in [9.17, 15) is 9.59 Å². The Labute approximate surface area is 215 Å². The van der Waals surface area contributed by atoms with Gasteiger partial charge in [-0.2, -0.15) is 0 Å². The quantitative estimate of drug-likeness (QED) is 0.387. The van der Waals surface area contributed by atoms with Crippen LogP contribution in [-0.4, -0.2) is 50.2 Å². The Morgan fingerprint density at radius 1 is 1.05 bits per heavy atom. The molecule has 1 atom stereocenters. The van der Waals surface area contributed by atoms with Crippen LogP contribution < -0.4 is 10.5 Å². The van der Waals surface area contributed by atoms with Crippen LogP contribution >= 0.6 is 0 Å². The molecular formula is C28H31N5O4. The third kappa shape index (κ3) is 5.02. The Balaban J connectivity index is 1.40. The summed E-state index contributed by atoms with van der Waals surface area (Å²) >= 11 is 0. The fourth-order valence-corrected chi connectivity index (χ4v) is 4.60. The molecule has 1 fully saturated rings. The SMILES string of the molecule is Cc1ccc(Oc2ccc(-c3nc4c(C5CCN(C(=O)OC(C)(C)C)C5)c[nH]n4c3C(N)=O)cc2)cc1. The Kier molecular flexibility index (Phi) is 6.15. The molecule has 3 heterocycles. The molecular weight excluding hydrogens is 470 g/mol. The summed E-state index contributed by atoms with van der Waals surface area (Å²) in [6.07, 6.45) is 2.28. The van der Waals surface area contributed by atoms with Gasteiger partial charge in [-0.15, -0.1) is 0 Å². The number of benzene rings is 2. The topological polar surface area (TPSA) is 115 Å². The van der Waals surface area contributed by atoms with E-state index in [1.807, 2.05) is 82.4 Å². The Hall–Kier alpha value is -4.27. The number of nitrogens with one attached hydrogen (secondary N) is 1. The minimum absolute atomic E-state index is 0.0579. The summed E-state index contributed by atoms with van der Waals surface area (Å²) in [4.78, 5) is 31.5. The van der Waals surface area contributed by atoms with Gasteiger partial charge >= 0.3 is 6.09 Å². The smallest absolute Gasteiger partial charge is 0.410 e. The molecule has 37 heavy (non-hydrogen) atoms. The number of hydrogen-bond acceptors (Lipinski definition) is 5. The van der Waals surface area contributed by atoms with Crippen molar-refractivity contribution in [2.24, 2.45) is 5.73 Å². The van der Waals surface area contributed by atoms with E-state index >= 15 is 0 Å². The molecule has 2 aromatic heterocycles. The molecule has 4 aromatic rings. The van der Waals surface area contributed by atoms with E-state index in [2.05, 4.69) is 5.10 Å². The number of fused-ring (bicyclic) bond motifs is 1. The van der Waals surface area contributed by atoms with Gasteiger partial charge in [-0.05, 0) is 70.5 Å². The zero-order valence-electron chi connectivity index (χ0n) is 21.4. The van der Waals surface area contributed by atoms with E-state index in [4.69, 9.17) is 20.2 Å². The lowest BCUT2D eigenvalue weighted by Gasteiger charge is -2.24. The van der Waals surface area contributed by atoms with Crippen molar-refractivity contribution in [2.75, 3.05) is 13.1 Å². The minimum Gasteiger partial charge on any atom is -0.457 e. The van der Waals surface area contributed by atoms with E-state index in [1.165, 1.54) is 0 Å². The first-order chi connectivity index (χ1) is 17.6. The lowest BCUT2D eigenvalue weighted by Crippen LogP contribution is -2.35. The summed E-state index contributed by atoms with van der Waals surface area (Å²) in [5.41, 5.74) is 9.45. The molecule has 0 bridgehead atoms. The molecule has 1 aliphatic rings. The maximum atomic E-state index is 12.5. The number of aryl methyl sites for hydroxylation is 1. The number of aromatic amines is 1. The van der Waals surface area contributed by atoms with Gasteiger partial charge in [0.1, 0.15) is 22.8 Å². The van der Waals surface area contributed by atoms with E-state index < -0.39 is 11.5 Å². The van der Waals surface area contributed by atoms with Crippen LogP contribution in [0.2, 0.25) is 0 Å². The van der Waals surface area contributed by atoms with Crippen molar-refractivity contribution >= 4 is 17.6 Å². The molecule has 3 N–H and O–H groups in total. The van der Waals surface area contributed by atoms with E-state index in [0.717, 1.165) is 28.9 Å². The second-order valence-corrected chi connectivity index (χ2v) is 10.4. The van der Waals surface area contributed by atoms with Gasteiger partial charge in [-0.3, -0.25) is 9.89 Å². The standard InChI is InChI=1S/C28H31N5O4/c1-17-5-9-20(10-6-17)36-21-11-7-18(8-12-21)23-24(25(29)34)33-26(31-23)22(15-30-33)19-13-14-32(16-19)27(35)37-28(2,3)4/h5-12,15,19,30H,13-14,16H2,1-4H3,(H2,29,34). The number of ether oxygens (including phenoxy) is 2. The third-order valence-electron chi connectivity index (χ3n) is 6.38. The Bertz CT molecular complexity index is 1440. The van der Waals surface area contributed by atoms with Crippen LogP contribution in [0.25, 0.3) is 16.9 Å². The first-order valence-corrected chi connectivity index (χ1v) is 12.3. The largest absolute Gasteiger partial charge is 0.457 e. The van der Waals surface area contributed by atoms with E-state index in [0.29, 0.717) is 30.2 Å². The van der Waals surface area contributed by atoms with Crippen LogP contribution in [0.15, 0.2) is 54.7 Å². The third-order valence-corrected chi connectivity index (χ3v) is 6.38. The molecule has 9 heteroatoms. The van der Waals surface area contributed by atoms with E-state index in [1.54, 1.807) is 9.42 Å². The second-order valence-electron chi connectivity index (χ2n) is 10.4. The normalized spacial score (nSPS) is 15.8. The summed E-state index contributed by atoms with van der Waals surface area (Å²) in [6.45, 7) is 8.69. The van der Waals surface area contributed by atoms with Crippen molar-refractivity contribution in [1.82, 2.24) is 19.5 Å². The van der Waals surface area contributed by atoms with Crippen LogP contribution in [0.3, 0.4) is 0 Å². The molecule has 192 valence electrons. The number of nitrogens with two attached hydrogens (primary N) is 1. The highest BCUT2D eigenvalue weighted by Crippen LogP contribution is 2.34. The first kappa shape index (κ1) is 24.4. The second kappa shape index (κ2) is 9.31. The maximum Gasteiger partial charge on any atom is 0.410 e. The maximum absolute atomic E-state index is 12.5. The molecule has 5 rings (SSSR count). The highest BCUT2D eigenvalue weighted by molar-refractivity contribution is 5.98. The molecule has 2 amide bonds. The van der Waals surface area contributed by atoms with Crippen LogP contribution in [0, 0.1) is 6.92 Å². The summed E-state index contributed by atoms with van der Waals surface area (Å²) in [5, 5.41) is 3.13. The Morgan fingerprint density at radius 2 is 1.70 bits per heavy atom. The average Bonchev–Trinajstić information content (AvgIpc) is 3.55. The molecule has 1 aliphatic heterocycles. The van der Waals surface area contributed by atoms with Gasteiger partial charge < -0.3 is 20.1 Å². The number of likely N-dealkylation sites (tertiary alicyclic amines) is 1. The number of imidazole rings is 1. The van der Waals surface area contributed by atoms with Crippen LogP contribution in [0.4, 0.5) is 4.79 Å². The van der Waals surface area contributed by atoms with Gasteiger partial charge in [0.15, 0.2) is 11.3 Å². The highest BCUT2D eigenvalue weighted by Gasteiger charge is 2.33. The zero-order chi connectivity index (χ0) is 26.3.